The van der Waals surface area contributed by atoms with Crippen molar-refractivity contribution in [3.05, 3.63) is 41.2 Å². The molecule has 0 amide bonds. The predicted octanol–water partition coefficient (Wildman–Crippen LogP) is 3.08. The molecule has 0 spiro atoms. The summed E-state index contributed by atoms with van der Waals surface area (Å²) in [6.07, 6.45) is 3.47. The minimum absolute atomic E-state index is 0.615. The van der Waals surface area contributed by atoms with Crippen molar-refractivity contribution in [2.24, 2.45) is 5.10 Å². The van der Waals surface area contributed by atoms with Gasteiger partial charge in [-0.2, -0.15) is 10.2 Å². The lowest BCUT2D eigenvalue weighted by Crippen LogP contribution is -2.05. The van der Waals surface area contributed by atoms with Gasteiger partial charge in [0.25, 0.3) is 0 Å². The molecule has 0 atom stereocenters. The van der Waals surface area contributed by atoms with Crippen LogP contribution in [0, 0.1) is 0 Å². The second kappa shape index (κ2) is 6.49. The Kier molecular flexibility index (Phi) is 4.70. The molecule has 0 radical (unpaired) electrons. The van der Waals surface area contributed by atoms with E-state index in [4.69, 9.17) is 11.6 Å². The molecule has 2 aromatic rings. The van der Waals surface area contributed by atoms with E-state index < -0.39 is 0 Å². The maximum atomic E-state index is 6.03. The fourth-order valence-electron chi connectivity index (χ4n) is 1.30. The second-order valence-electron chi connectivity index (χ2n) is 3.62. The molecule has 19 heavy (non-hydrogen) atoms. The van der Waals surface area contributed by atoms with Crippen molar-refractivity contribution < 1.29 is 0 Å². The monoisotopic (exact) mass is 293 g/mol. The first-order valence-corrected chi connectivity index (χ1v) is 7.10. The fraction of sp³-hybridized carbons (Fsp3) is 0.167. The third kappa shape index (κ3) is 3.65. The van der Waals surface area contributed by atoms with E-state index in [1.54, 1.807) is 12.3 Å². The van der Waals surface area contributed by atoms with Crippen molar-refractivity contribution in [3.8, 4) is 0 Å². The van der Waals surface area contributed by atoms with Crippen molar-refractivity contribution in [1.29, 1.82) is 0 Å². The molecule has 1 aromatic carbocycles. The van der Waals surface area contributed by atoms with Gasteiger partial charge < -0.3 is 0 Å². The van der Waals surface area contributed by atoms with Crippen molar-refractivity contribution in [1.82, 2.24) is 15.2 Å². The number of hydrogen-bond donors (Lipinski definition) is 1. The molecular weight excluding hydrogens is 282 g/mol. The van der Waals surface area contributed by atoms with Gasteiger partial charge in [-0.3, -0.25) is 5.43 Å². The lowest BCUT2D eigenvalue weighted by Gasteiger charge is -2.04. The summed E-state index contributed by atoms with van der Waals surface area (Å²) in [6, 6.07) is 7.40. The van der Waals surface area contributed by atoms with Crippen LogP contribution in [-0.4, -0.2) is 27.1 Å². The van der Waals surface area contributed by atoms with E-state index >= 15 is 0 Å². The molecule has 7 heteroatoms. The normalized spacial score (nSPS) is 11.4. The van der Waals surface area contributed by atoms with Gasteiger partial charge in [0.2, 0.25) is 5.16 Å². The van der Waals surface area contributed by atoms with Gasteiger partial charge in [0.05, 0.1) is 22.6 Å². The molecule has 0 fully saturated rings. The van der Waals surface area contributed by atoms with E-state index in [1.807, 2.05) is 31.4 Å². The van der Waals surface area contributed by atoms with Crippen LogP contribution in [0.3, 0.4) is 0 Å². The summed E-state index contributed by atoms with van der Waals surface area (Å²) in [5.41, 5.74) is 5.05. The molecule has 1 heterocycles. The Balaban J connectivity index is 2.17. The van der Waals surface area contributed by atoms with Crippen LogP contribution in [0.25, 0.3) is 0 Å². The summed E-state index contributed by atoms with van der Waals surface area (Å²) in [6.45, 7) is 1.85. The van der Waals surface area contributed by atoms with E-state index in [0.717, 1.165) is 5.69 Å². The summed E-state index contributed by atoms with van der Waals surface area (Å²) in [5.74, 6) is 0. The Morgan fingerprint density at radius 2 is 2.16 bits per heavy atom. The van der Waals surface area contributed by atoms with Crippen LogP contribution in [0.15, 0.2) is 40.7 Å². The smallest absolute Gasteiger partial charge is 0.209 e. The Morgan fingerprint density at radius 1 is 1.37 bits per heavy atom. The average molecular weight is 294 g/mol. The molecule has 98 valence electrons. The van der Waals surface area contributed by atoms with Crippen LogP contribution >= 0.6 is 23.4 Å². The summed E-state index contributed by atoms with van der Waals surface area (Å²) in [5, 5.41) is 13.2. The third-order valence-corrected chi connectivity index (χ3v) is 3.18. The molecule has 0 aliphatic rings. The van der Waals surface area contributed by atoms with Crippen molar-refractivity contribution in [2.75, 3.05) is 11.7 Å². The van der Waals surface area contributed by atoms with Crippen molar-refractivity contribution >= 4 is 34.8 Å². The maximum Gasteiger partial charge on any atom is 0.209 e. The molecule has 0 aliphatic heterocycles. The van der Waals surface area contributed by atoms with E-state index in [2.05, 4.69) is 25.7 Å². The average Bonchev–Trinajstić information content (AvgIpc) is 2.46. The fourth-order valence-corrected chi connectivity index (χ4v) is 1.80. The number of thioether (sulfide) groups is 1. The highest BCUT2D eigenvalue weighted by Crippen LogP contribution is 2.20. The molecule has 1 N–H and O–H groups in total. The van der Waals surface area contributed by atoms with E-state index in [-0.39, 0.29) is 0 Å². The zero-order chi connectivity index (χ0) is 13.7. The van der Waals surface area contributed by atoms with Crippen molar-refractivity contribution in [2.45, 2.75) is 12.1 Å². The quantitative estimate of drug-likeness (QED) is 0.533. The standard InChI is InChI=1S/C12H12ClN5S/c1-8(11-7-14-18-12(15-11)19-2)16-17-10-6-4-3-5-9(10)13/h3-7,17H,1-2H3/b16-8-. The number of halogens is 1. The molecule has 0 saturated carbocycles. The number of benzene rings is 1. The number of hydrogen-bond acceptors (Lipinski definition) is 6. The Hall–Kier alpha value is -1.66. The lowest BCUT2D eigenvalue weighted by molar-refractivity contribution is 0.833. The van der Waals surface area contributed by atoms with E-state index in [1.165, 1.54) is 11.8 Å². The van der Waals surface area contributed by atoms with Crippen LogP contribution in [0.2, 0.25) is 5.02 Å². The number of rotatable bonds is 4. The molecule has 0 bridgehead atoms. The third-order valence-electron chi connectivity index (χ3n) is 2.31. The number of hydrazone groups is 1. The topological polar surface area (TPSA) is 63.1 Å². The summed E-state index contributed by atoms with van der Waals surface area (Å²) in [7, 11) is 0. The molecule has 1 aromatic heterocycles. The van der Waals surface area contributed by atoms with Gasteiger partial charge in [-0.25, -0.2) is 4.98 Å². The van der Waals surface area contributed by atoms with E-state index in [9.17, 15) is 0 Å². The molecule has 0 unspecified atom stereocenters. The van der Waals surface area contributed by atoms with Gasteiger partial charge in [0.15, 0.2) is 0 Å². The zero-order valence-corrected chi connectivity index (χ0v) is 12.0. The van der Waals surface area contributed by atoms with Crippen LogP contribution < -0.4 is 5.43 Å². The van der Waals surface area contributed by atoms with Gasteiger partial charge in [0, 0.05) is 0 Å². The van der Waals surface area contributed by atoms with Gasteiger partial charge in [-0.15, -0.1) is 5.10 Å². The Morgan fingerprint density at radius 3 is 2.89 bits per heavy atom. The zero-order valence-electron chi connectivity index (χ0n) is 10.5. The summed E-state index contributed by atoms with van der Waals surface area (Å²) < 4.78 is 0. The number of nitrogens with one attached hydrogen (secondary N) is 1. The SMILES string of the molecule is CSc1nncc(/C(C)=N\Nc2ccccc2Cl)n1. The number of nitrogens with zero attached hydrogens (tertiary/aromatic N) is 4. The first-order valence-electron chi connectivity index (χ1n) is 5.49. The minimum Gasteiger partial charge on any atom is -0.277 e. The van der Waals surface area contributed by atoms with Gasteiger partial charge in [0.1, 0.15) is 5.69 Å². The van der Waals surface area contributed by atoms with Crippen LogP contribution in [0.1, 0.15) is 12.6 Å². The van der Waals surface area contributed by atoms with Crippen LogP contribution in [0.5, 0.6) is 0 Å². The highest BCUT2D eigenvalue weighted by Gasteiger charge is 2.03. The largest absolute Gasteiger partial charge is 0.277 e. The van der Waals surface area contributed by atoms with Gasteiger partial charge in [-0.1, -0.05) is 35.5 Å². The Labute approximate surface area is 120 Å². The maximum absolute atomic E-state index is 6.03. The van der Waals surface area contributed by atoms with Crippen LogP contribution in [-0.2, 0) is 0 Å². The lowest BCUT2D eigenvalue weighted by atomic mass is 10.3. The Bertz CT molecular complexity index is 602. The first kappa shape index (κ1) is 13.8. The van der Waals surface area contributed by atoms with E-state index in [0.29, 0.717) is 21.6 Å². The van der Waals surface area contributed by atoms with Gasteiger partial charge in [-0.05, 0) is 25.3 Å². The molecule has 2 rings (SSSR count). The second-order valence-corrected chi connectivity index (χ2v) is 4.80. The van der Waals surface area contributed by atoms with Gasteiger partial charge >= 0.3 is 0 Å². The molecule has 5 nitrogen and oxygen atoms in total. The molecular formula is C12H12ClN5S. The summed E-state index contributed by atoms with van der Waals surface area (Å²) in [4.78, 5) is 4.31. The number of anilines is 1. The summed E-state index contributed by atoms with van der Waals surface area (Å²) >= 11 is 7.46. The molecule has 0 aliphatic carbocycles. The first-order chi connectivity index (χ1) is 9.20. The van der Waals surface area contributed by atoms with Crippen molar-refractivity contribution in [3.63, 3.8) is 0 Å². The van der Waals surface area contributed by atoms with Crippen LogP contribution in [0.4, 0.5) is 5.69 Å². The predicted molar refractivity (Wildman–Crippen MR) is 78.9 cm³/mol. The molecule has 0 saturated heterocycles. The number of para-hydroxylation sites is 1. The highest BCUT2D eigenvalue weighted by molar-refractivity contribution is 7.98. The minimum atomic E-state index is 0.615. The number of aromatic nitrogens is 3. The highest BCUT2D eigenvalue weighted by atomic mass is 35.5.